The third kappa shape index (κ3) is 4.80. The molecule has 2 rings (SSSR count). The van der Waals surface area contributed by atoms with Crippen LogP contribution in [0.5, 0.6) is 11.5 Å². The molecule has 24 heavy (non-hydrogen) atoms. The molecule has 0 aliphatic carbocycles. The van der Waals surface area contributed by atoms with Crippen molar-refractivity contribution in [3.8, 4) is 11.5 Å². The number of carbonyl (C=O) groups is 1. The summed E-state index contributed by atoms with van der Waals surface area (Å²) < 4.78 is 5.28. The molecule has 0 atom stereocenters. The number of benzene rings is 2. The molecule has 0 saturated heterocycles. The second-order valence-electron chi connectivity index (χ2n) is 4.90. The first-order chi connectivity index (χ1) is 11.5. The number of nitro groups is 1. The van der Waals surface area contributed by atoms with Crippen molar-refractivity contribution in [1.82, 2.24) is 5.43 Å². The Kier molecular flexibility index (Phi) is 5.45. The summed E-state index contributed by atoms with van der Waals surface area (Å²) in [6, 6.07) is 11.0. The lowest BCUT2D eigenvalue weighted by Gasteiger charge is -2.05. The van der Waals surface area contributed by atoms with E-state index in [-0.39, 0.29) is 6.61 Å². The SMILES string of the molecule is Cc1ccc(OCC(=O)N/N=C\c2ccc(O)c([N+](=O)[O-])c2)cc1. The summed E-state index contributed by atoms with van der Waals surface area (Å²) in [5, 5.41) is 23.7. The standard InChI is InChI=1S/C16H15N3O5/c1-11-2-5-13(6-3-11)24-10-16(21)18-17-9-12-4-7-15(20)14(8-12)19(22)23/h2-9,20H,10H2,1H3,(H,18,21)/b17-9-. The Morgan fingerprint density at radius 2 is 2.04 bits per heavy atom. The number of aryl methyl sites for hydroxylation is 1. The van der Waals surface area contributed by atoms with Gasteiger partial charge in [0, 0.05) is 11.6 Å². The summed E-state index contributed by atoms with van der Waals surface area (Å²) >= 11 is 0. The molecular weight excluding hydrogens is 314 g/mol. The van der Waals surface area contributed by atoms with Crippen LogP contribution < -0.4 is 10.2 Å². The van der Waals surface area contributed by atoms with Crippen molar-refractivity contribution >= 4 is 17.8 Å². The van der Waals surface area contributed by atoms with Gasteiger partial charge in [0.1, 0.15) is 5.75 Å². The van der Waals surface area contributed by atoms with Crippen LogP contribution in [0.15, 0.2) is 47.6 Å². The first-order valence-electron chi connectivity index (χ1n) is 6.94. The van der Waals surface area contributed by atoms with Gasteiger partial charge in [-0.1, -0.05) is 17.7 Å². The second kappa shape index (κ2) is 7.73. The maximum absolute atomic E-state index is 11.6. The van der Waals surface area contributed by atoms with Gasteiger partial charge >= 0.3 is 5.69 Å². The topological polar surface area (TPSA) is 114 Å². The maximum atomic E-state index is 11.6. The van der Waals surface area contributed by atoms with Gasteiger partial charge in [0.25, 0.3) is 5.91 Å². The van der Waals surface area contributed by atoms with Gasteiger partial charge in [-0.2, -0.15) is 5.10 Å². The van der Waals surface area contributed by atoms with Crippen molar-refractivity contribution in [3.05, 3.63) is 63.7 Å². The van der Waals surface area contributed by atoms with Crippen molar-refractivity contribution in [3.63, 3.8) is 0 Å². The van der Waals surface area contributed by atoms with Gasteiger partial charge in [-0.3, -0.25) is 14.9 Å². The van der Waals surface area contributed by atoms with Crippen LogP contribution in [-0.4, -0.2) is 28.8 Å². The molecule has 0 heterocycles. The van der Waals surface area contributed by atoms with Gasteiger partial charge in [0.05, 0.1) is 11.1 Å². The van der Waals surface area contributed by atoms with Crippen molar-refractivity contribution in [2.75, 3.05) is 6.61 Å². The number of rotatable bonds is 6. The molecule has 0 fully saturated rings. The highest BCUT2D eigenvalue weighted by atomic mass is 16.6. The van der Waals surface area contributed by atoms with Crippen molar-refractivity contribution < 1.29 is 19.6 Å². The first-order valence-corrected chi connectivity index (χ1v) is 6.94. The molecule has 0 aliphatic rings. The number of aromatic hydroxyl groups is 1. The molecule has 0 saturated carbocycles. The molecule has 1 amide bonds. The van der Waals surface area contributed by atoms with Gasteiger partial charge in [-0.05, 0) is 31.2 Å². The highest BCUT2D eigenvalue weighted by Gasteiger charge is 2.12. The second-order valence-corrected chi connectivity index (χ2v) is 4.90. The van der Waals surface area contributed by atoms with Crippen LogP contribution in [0, 0.1) is 17.0 Å². The third-order valence-corrected chi connectivity index (χ3v) is 2.99. The average molecular weight is 329 g/mol. The zero-order valence-corrected chi connectivity index (χ0v) is 12.8. The van der Waals surface area contributed by atoms with E-state index in [1.54, 1.807) is 12.1 Å². The van der Waals surface area contributed by atoms with E-state index in [2.05, 4.69) is 10.5 Å². The number of nitrogens with zero attached hydrogens (tertiary/aromatic N) is 2. The third-order valence-electron chi connectivity index (χ3n) is 2.99. The molecule has 0 unspecified atom stereocenters. The van der Waals surface area contributed by atoms with Gasteiger partial charge < -0.3 is 9.84 Å². The zero-order chi connectivity index (χ0) is 17.5. The molecular formula is C16H15N3O5. The van der Waals surface area contributed by atoms with E-state index in [0.717, 1.165) is 11.6 Å². The number of hydrogen-bond donors (Lipinski definition) is 2. The van der Waals surface area contributed by atoms with Gasteiger partial charge in [-0.25, -0.2) is 5.43 Å². The minimum absolute atomic E-state index is 0.212. The summed E-state index contributed by atoms with van der Waals surface area (Å²) in [5.74, 6) is -0.346. The maximum Gasteiger partial charge on any atom is 0.311 e. The fourth-order valence-electron chi connectivity index (χ4n) is 1.76. The van der Waals surface area contributed by atoms with Crippen molar-refractivity contribution in [2.45, 2.75) is 6.92 Å². The summed E-state index contributed by atoms with van der Waals surface area (Å²) in [6.07, 6.45) is 1.23. The number of carbonyl (C=O) groups excluding carboxylic acids is 1. The van der Waals surface area contributed by atoms with E-state index >= 15 is 0 Å². The highest BCUT2D eigenvalue weighted by molar-refractivity contribution is 5.84. The highest BCUT2D eigenvalue weighted by Crippen LogP contribution is 2.25. The van der Waals surface area contributed by atoms with Crippen LogP contribution in [0.25, 0.3) is 0 Å². The van der Waals surface area contributed by atoms with E-state index in [1.807, 2.05) is 19.1 Å². The molecule has 0 radical (unpaired) electrons. The van der Waals surface area contributed by atoms with Crippen LogP contribution in [0.4, 0.5) is 5.69 Å². The van der Waals surface area contributed by atoms with Crippen LogP contribution in [0.2, 0.25) is 0 Å². The molecule has 0 aliphatic heterocycles. The zero-order valence-electron chi connectivity index (χ0n) is 12.8. The van der Waals surface area contributed by atoms with Gasteiger partial charge in [0.15, 0.2) is 12.4 Å². The van der Waals surface area contributed by atoms with E-state index < -0.39 is 22.3 Å². The molecule has 2 aromatic carbocycles. The molecule has 2 N–H and O–H groups in total. The Balaban J connectivity index is 1.87. The first kappa shape index (κ1) is 16.9. The van der Waals surface area contributed by atoms with Gasteiger partial charge in [0.2, 0.25) is 0 Å². The Morgan fingerprint density at radius 3 is 2.71 bits per heavy atom. The monoisotopic (exact) mass is 329 g/mol. The molecule has 2 aromatic rings. The molecule has 8 nitrogen and oxygen atoms in total. The van der Waals surface area contributed by atoms with Crippen LogP contribution in [0.3, 0.4) is 0 Å². The lowest BCUT2D eigenvalue weighted by atomic mass is 10.2. The Bertz CT molecular complexity index is 772. The average Bonchev–Trinajstić information content (AvgIpc) is 2.55. The van der Waals surface area contributed by atoms with E-state index in [1.165, 1.54) is 18.3 Å². The van der Waals surface area contributed by atoms with Crippen LogP contribution in [0.1, 0.15) is 11.1 Å². The number of phenolic OH excluding ortho intramolecular Hbond substituents is 1. The smallest absolute Gasteiger partial charge is 0.311 e. The summed E-state index contributed by atoms with van der Waals surface area (Å²) in [5.41, 5.74) is 3.26. The van der Waals surface area contributed by atoms with Crippen LogP contribution in [-0.2, 0) is 4.79 Å². The fraction of sp³-hybridized carbons (Fsp3) is 0.125. The normalized spacial score (nSPS) is 10.5. The predicted octanol–water partition coefficient (Wildman–Crippen LogP) is 2.14. The number of hydrazone groups is 1. The molecule has 0 spiro atoms. The minimum atomic E-state index is -0.708. The Labute approximate surface area is 137 Å². The van der Waals surface area contributed by atoms with Crippen molar-refractivity contribution in [1.29, 1.82) is 0 Å². The largest absolute Gasteiger partial charge is 0.502 e. The molecule has 0 bridgehead atoms. The fourth-order valence-corrected chi connectivity index (χ4v) is 1.76. The predicted molar refractivity (Wildman–Crippen MR) is 87.2 cm³/mol. The van der Waals surface area contributed by atoms with Crippen molar-refractivity contribution in [2.24, 2.45) is 5.10 Å². The number of phenols is 1. The summed E-state index contributed by atoms with van der Waals surface area (Å²) in [7, 11) is 0. The quantitative estimate of drug-likeness (QED) is 0.479. The summed E-state index contributed by atoms with van der Waals surface area (Å²) in [4.78, 5) is 21.6. The lowest BCUT2D eigenvalue weighted by molar-refractivity contribution is -0.385. The number of nitrogens with one attached hydrogen (secondary N) is 1. The summed E-state index contributed by atoms with van der Waals surface area (Å²) in [6.45, 7) is 1.73. The van der Waals surface area contributed by atoms with E-state index in [0.29, 0.717) is 11.3 Å². The Morgan fingerprint density at radius 1 is 1.33 bits per heavy atom. The number of hydrogen-bond acceptors (Lipinski definition) is 6. The Hall–Kier alpha value is -3.42. The minimum Gasteiger partial charge on any atom is -0.502 e. The molecule has 0 aromatic heterocycles. The lowest BCUT2D eigenvalue weighted by Crippen LogP contribution is -2.24. The number of nitro benzene ring substituents is 1. The molecule has 124 valence electrons. The molecule has 8 heteroatoms. The van der Waals surface area contributed by atoms with Crippen LogP contribution >= 0.6 is 0 Å². The number of amides is 1. The number of ether oxygens (including phenoxy) is 1. The van der Waals surface area contributed by atoms with Gasteiger partial charge in [-0.15, -0.1) is 0 Å². The van der Waals surface area contributed by atoms with E-state index in [4.69, 9.17) is 4.74 Å². The van der Waals surface area contributed by atoms with E-state index in [9.17, 15) is 20.0 Å².